The molecule has 0 aliphatic carbocycles. The van der Waals surface area contributed by atoms with Gasteiger partial charge < -0.3 is 5.73 Å². The van der Waals surface area contributed by atoms with Crippen molar-refractivity contribution in [2.75, 3.05) is 18.5 Å². The minimum absolute atomic E-state index is 0.121. The van der Waals surface area contributed by atoms with Gasteiger partial charge in [0.1, 0.15) is 0 Å². The molecular formula is C12H20N2O2S. The number of nitrogens with zero attached hydrogens (tertiary/aromatic N) is 1. The third-order valence-electron chi connectivity index (χ3n) is 2.47. The number of nitrogen functional groups attached to an aromatic ring is 1. The average molecular weight is 256 g/mol. The van der Waals surface area contributed by atoms with E-state index in [1.807, 2.05) is 32.0 Å². The summed E-state index contributed by atoms with van der Waals surface area (Å²) < 4.78 is 25.2. The van der Waals surface area contributed by atoms with Gasteiger partial charge in [0, 0.05) is 19.3 Å². The van der Waals surface area contributed by atoms with Crippen LogP contribution in [0.1, 0.15) is 19.4 Å². The van der Waals surface area contributed by atoms with E-state index in [2.05, 4.69) is 0 Å². The van der Waals surface area contributed by atoms with E-state index in [0.717, 1.165) is 5.56 Å². The van der Waals surface area contributed by atoms with E-state index in [1.165, 1.54) is 4.31 Å². The van der Waals surface area contributed by atoms with Crippen molar-refractivity contribution in [3.05, 3.63) is 29.8 Å². The molecule has 0 bridgehead atoms. The second-order valence-corrected chi connectivity index (χ2v) is 6.75. The lowest BCUT2D eigenvalue weighted by Gasteiger charge is -2.19. The second-order valence-electron chi connectivity index (χ2n) is 4.63. The van der Waals surface area contributed by atoms with E-state index in [9.17, 15) is 8.42 Å². The molecule has 0 atom stereocenters. The molecule has 0 spiro atoms. The fourth-order valence-electron chi connectivity index (χ4n) is 1.56. The number of hydrogen-bond donors (Lipinski definition) is 1. The summed E-state index contributed by atoms with van der Waals surface area (Å²) in [4.78, 5) is 0. The van der Waals surface area contributed by atoms with Gasteiger partial charge in [0.15, 0.2) is 0 Å². The Morgan fingerprint density at radius 1 is 1.29 bits per heavy atom. The molecule has 0 radical (unpaired) electrons. The van der Waals surface area contributed by atoms with Gasteiger partial charge >= 0.3 is 0 Å². The van der Waals surface area contributed by atoms with Gasteiger partial charge in [-0.1, -0.05) is 32.0 Å². The van der Waals surface area contributed by atoms with Gasteiger partial charge in [0.05, 0.1) is 5.75 Å². The van der Waals surface area contributed by atoms with Gasteiger partial charge in [-0.2, -0.15) is 0 Å². The maximum Gasteiger partial charge on any atom is 0.214 e. The topological polar surface area (TPSA) is 63.4 Å². The first-order valence-corrected chi connectivity index (χ1v) is 7.21. The van der Waals surface area contributed by atoms with Crippen molar-refractivity contribution in [1.29, 1.82) is 0 Å². The molecule has 4 nitrogen and oxygen atoms in total. The summed E-state index contributed by atoms with van der Waals surface area (Å²) in [7, 11) is -1.61. The van der Waals surface area contributed by atoms with Crippen molar-refractivity contribution >= 4 is 15.7 Å². The van der Waals surface area contributed by atoms with E-state index < -0.39 is 10.0 Å². The third-order valence-corrected chi connectivity index (χ3v) is 4.63. The second kappa shape index (κ2) is 5.51. The van der Waals surface area contributed by atoms with Gasteiger partial charge in [-0.15, -0.1) is 0 Å². The van der Waals surface area contributed by atoms with Crippen LogP contribution >= 0.6 is 0 Å². The molecule has 0 aliphatic heterocycles. The highest BCUT2D eigenvalue weighted by atomic mass is 32.2. The number of rotatable bonds is 5. The highest BCUT2D eigenvalue weighted by Gasteiger charge is 2.19. The lowest BCUT2D eigenvalue weighted by Crippen LogP contribution is -2.30. The molecule has 1 aromatic rings. The van der Waals surface area contributed by atoms with Gasteiger partial charge in [0.2, 0.25) is 10.0 Å². The predicted molar refractivity (Wildman–Crippen MR) is 70.9 cm³/mol. The molecule has 0 heterocycles. The first-order chi connectivity index (χ1) is 7.83. The summed E-state index contributed by atoms with van der Waals surface area (Å²) in [6.07, 6.45) is 0. The fourth-order valence-corrected chi connectivity index (χ4v) is 3.00. The van der Waals surface area contributed by atoms with Crippen molar-refractivity contribution in [3.8, 4) is 0 Å². The summed E-state index contributed by atoms with van der Waals surface area (Å²) >= 11 is 0. The van der Waals surface area contributed by atoms with E-state index in [1.54, 1.807) is 13.1 Å². The van der Waals surface area contributed by atoms with Crippen molar-refractivity contribution < 1.29 is 8.42 Å². The Morgan fingerprint density at radius 3 is 2.41 bits per heavy atom. The van der Waals surface area contributed by atoms with Crippen molar-refractivity contribution in [1.82, 2.24) is 4.31 Å². The van der Waals surface area contributed by atoms with Crippen LogP contribution in [0.2, 0.25) is 0 Å². The fraction of sp³-hybridized carbons (Fsp3) is 0.500. The minimum atomic E-state index is -3.20. The van der Waals surface area contributed by atoms with Crippen molar-refractivity contribution in [2.45, 2.75) is 20.4 Å². The van der Waals surface area contributed by atoms with Gasteiger partial charge in [-0.25, -0.2) is 12.7 Å². The number of sulfonamides is 1. The minimum Gasteiger partial charge on any atom is -0.398 e. The molecular weight excluding hydrogens is 236 g/mol. The highest BCUT2D eigenvalue weighted by Crippen LogP contribution is 2.15. The zero-order valence-corrected chi connectivity index (χ0v) is 11.4. The highest BCUT2D eigenvalue weighted by molar-refractivity contribution is 7.89. The molecule has 96 valence electrons. The molecule has 0 aromatic heterocycles. The molecule has 17 heavy (non-hydrogen) atoms. The van der Waals surface area contributed by atoms with E-state index in [4.69, 9.17) is 5.73 Å². The van der Waals surface area contributed by atoms with Crippen molar-refractivity contribution in [2.24, 2.45) is 5.92 Å². The smallest absolute Gasteiger partial charge is 0.214 e. The molecule has 0 saturated heterocycles. The Morgan fingerprint density at radius 2 is 1.88 bits per heavy atom. The van der Waals surface area contributed by atoms with Crippen LogP contribution in [-0.4, -0.2) is 25.5 Å². The lowest BCUT2D eigenvalue weighted by molar-refractivity contribution is 0.460. The molecule has 0 aliphatic rings. The molecule has 2 N–H and O–H groups in total. The van der Waals surface area contributed by atoms with Crippen LogP contribution in [0.3, 0.4) is 0 Å². The Labute approximate surface area is 103 Å². The van der Waals surface area contributed by atoms with Gasteiger partial charge in [0.25, 0.3) is 0 Å². The quantitative estimate of drug-likeness (QED) is 0.815. The van der Waals surface area contributed by atoms with Crippen LogP contribution in [0.4, 0.5) is 5.69 Å². The van der Waals surface area contributed by atoms with E-state index >= 15 is 0 Å². The number of benzene rings is 1. The van der Waals surface area contributed by atoms with Crippen LogP contribution in [0.15, 0.2) is 24.3 Å². The maximum atomic E-state index is 11.9. The van der Waals surface area contributed by atoms with Gasteiger partial charge in [-0.3, -0.25) is 0 Å². The first-order valence-electron chi connectivity index (χ1n) is 5.60. The van der Waals surface area contributed by atoms with Crippen molar-refractivity contribution in [3.63, 3.8) is 0 Å². The monoisotopic (exact) mass is 256 g/mol. The van der Waals surface area contributed by atoms with Crippen LogP contribution in [0.5, 0.6) is 0 Å². The summed E-state index contributed by atoms with van der Waals surface area (Å²) in [6.45, 7) is 4.10. The normalized spacial score (nSPS) is 12.3. The summed E-state index contributed by atoms with van der Waals surface area (Å²) in [5.41, 5.74) is 7.25. The van der Waals surface area contributed by atoms with Crippen LogP contribution < -0.4 is 5.73 Å². The van der Waals surface area contributed by atoms with E-state index in [0.29, 0.717) is 12.2 Å². The maximum absolute atomic E-state index is 11.9. The Kier molecular flexibility index (Phi) is 4.54. The van der Waals surface area contributed by atoms with Crippen LogP contribution in [0.25, 0.3) is 0 Å². The zero-order valence-electron chi connectivity index (χ0n) is 10.6. The first kappa shape index (κ1) is 14.0. The summed E-state index contributed by atoms with van der Waals surface area (Å²) in [5.74, 6) is 0.284. The third kappa shape index (κ3) is 4.02. The SMILES string of the molecule is CC(C)CS(=O)(=O)N(C)Cc1ccccc1N. The summed E-state index contributed by atoms with van der Waals surface area (Å²) in [6, 6.07) is 7.31. The number of para-hydroxylation sites is 1. The Bertz CT molecular complexity index is 469. The lowest BCUT2D eigenvalue weighted by atomic mass is 10.2. The Hall–Kier alpha value is -1.07. The Balaban J connectivity index is 2.79. The average Bonchev–Trinajstić information content (AvgIpc) is 2.19. The zero-order chi connectivity index (χ0) is 13.1. The van der Waals surface area contributed by atoms with Gasteiger partial charge in [-0.05, 0) is 17.5 Å². The number of nitrogens with two attached hydrogens (primary N) is 1. The molecule has 5 heteroatoms. The standard InChI is InChI=1S/C12H20N2O2S/c1-10(2)9-17(15,16)14(3)8-11-6-4-5-7-12(11)13/h4-7,10H,8-9,13H2,1-3H3. The molecule has 0 unspecified atom stereocenters. The molecule has 1 rings (SSSR count). The largest absolute Gasteiger partial charge is 0.398 e. The molecule has 0 fully saturated rings. The molecule has 0 saturated carbocycles. The number of anilines is 1. The van der Waals surface area contributed by atoms with Crippen LogP contribution in [-0.2, 0) is 16.6 Å². The predicted octanol–water partition coefficient (Wildman–Crippen LogP) is 1.69. The summed E-state index contributed by atoms with van der Waals surface area (Å²) in [5, 5.41) is 0. The van der Waals surface area contributed by atoms with Crippen LogP contribution in [0, 0.1) is 5.92 Å². The number of hydrogen-bond acceptors (Lipinski definition) is 3. The van der Waals surface area contributed by atoms with E-state index in [-0.39, 0.29) is 11.7 Å². The molecule has 1 aromatic carbocycles. The molecule has 0 amide bonds.